The number of rotatable bonds is 19. The highest BCUT2D eigenvalue weighted by molar-refractivity contribution is 4.51. The third-order valence-corrected chi connectivity index (χ3v) is 4.29. The molecular weight excluding hydrogens is 272 g/mol. The average Bonchev–Trinajstić information content (AvgIpc) is 2.54. The standard InChI is InChI=1S/C20H40O2/c1-2-22-20-18-16-14-12-10-8-6-4-3-5-7-9-11-13-15-17-19-21/h2,21H,1,3-20H2. The average molecular weight is 313 g/mol. The third-order valence-electron chi connectivity index (χ3n) is 4.29. The Morgan fingerprint density at radius 1 is 0.545 bits per heavy atom. The van der Waals surface area contributed by atoms with Crippen LogP contribution in [-0.4, -0.2) is 18.3 Å². The first-order valence-electron chi connectivity index (χ1n) is 9.75. The van der Waals surface area contributed by atoms with Crippen molar-refractivity contribution in [3.05, 3.63) is 12.8 Å². The minimum Gasteiger partial charge on any atom is -0.502 e. The Morgan fingerprint density at radius 2 is 0.864 bits per heavy atom. The van der Waals surface area contributed by atoms with E-state index in [9.17, 15) is 0 Å². The van der Waals surface area contributed by atoms with Gasteiger partial charge in [0.15, 0.2) is 0 Å². The molecule has 132 valence electrons. The van der Waals surface area contributed by atoms with Gasteiger partial charge < -0.3 is 9.84 Å². The second kappa shape index (κ2) is 20.5. The Morgan fingerprint density at radius 3 is 1.18 bits per heavy atom. The molecule has 0 aliphatic heterocycles. The van der Waals surface area contributed by atoms with E-state index in [0.717, 1.165) is 13.0 Å². The molecule has 0 aromatic carbocycles. The molecule has 0 radical (unpaired) electrons. The van der Waals surface area contributed by atoms with Gasteiger partial charge in [-0.05, 0) is 12.8 Å². The fourth-order valence-electron chi connectivity index (χ4n) is 2.86. The van der Waals surface area contributed by atoms with Crippen LogP contribution in [0, 0.1) is 0 Å². The zero-order valence-corrected chi connectivity index (χ0v) is 14.9. The number of hydrogen-bond acceptors (Lipinski definition) is 2. The molecule has 2 nitrogen and oxygen atoms in total. The van der Waals surface area contributed by atoms with E-state index in [2.05, 4.69) is 6.58 Å². The van der Waals surface area contributed by atoms with E-state index in [1.54, 1.807) is 0 Å². The maximum atomic E-state index is 8.69. The van der Waals surface area contributed by atoms with Crippen molar-refractivity contribution in [1.82, 2.24) is 0 Å². The summed E-state index contributed by atoms with van der Waals surface area (Å²) in [6.45, 7) is 4.75. The Bertz CT molecular complexity index is 204. The minimum absolute atomic E-state index is 0.365. The van der Waals surface area contributed by atoms with Gasteiger partial charge in [0.2, 0.25) is 0 Å². The topological polar surface area (TPSA) is 29.5 Å². The maximum absolute atomic E-state index is 8.69. The van der Waals surface area contributed by atoms with E-state index in [0.29, 0.717) is 6.61 Å². The molecule has 0 spiro atoms. The fraction of sp³-hybridized carbons (Fsp3) is 0.900. The second-order valence-corrected chi connectivity index (χ2v) is 6.42. The highest BCUT2D eigenvalue weighted by Gasteiger charge is 1.94. The lowest BCUT2D eigenvalue weighted by Crippen LogP contribution is -1.87. The summed E-state index contributed by atoms with van der Waals surface area (Å²) in [5, 5.41) is 8.69. The summed E-state index contributed by atoms with van der Waals surface area (Å²) in [6, 6.07) is 0. The van der Waals surface area contributed by atoms with Gasteiger partial charge >= 0.3 is 0 Å². The molecule has 0 fully saturated rings. The predicted octanol–water partition coefficient (Wildman–Crippen LogP) is 6.38. The monoisotopic (exact) mass is 312 g/mol. The van der Waals surface area contributed by atoms with Gasteiger partial charge in [-0.25, -0.2) is 0 Å². The molecular formula is C20H40O2. The van der Waals surface area contributed by atoms with Crippen LogP contribution in [0.5, 0.6) is 0 Å². The Balaban J connectivity index is 2.92. The number of unbranched alkanes of at least 4 members (excludes halogenated alkanes) is 15. The molecule has 0 atom stereocenters. The second-order valence-electron chi connectivity index (χ2n) is 6.42. The van der Waals surface area contributed by atoms with Gasteiger partial charge in [0.1, 0.15) is 0 Å². The first kappa shape index (κ1) is 21.5. The Labute approximate surface area is 139 Å². The molecule has 0 aromatic heterocycles. The number of hydrogen-bond donors (Lipinski definition) is 1. The van der Waals surface area contributed by atoms with Gasteiger partial charge in [-0.3, -0.25) is 0 Å². The van der Waals surface area contributed by atoms with Crippen molar-refractivity contribution < 1.29 is 9.84 Å². The lowest BCUT2D eigenvalue weighted by molar-refractivity contribution is 0.241. The van der Waals surface area contributed by atoms with Gasteiger partial charge in [0, 0.05) is 6.61 Å². The van der Waals surface area contributed by atoms with Gasteiger partial charge in [0.05, 0.1) is 12.9 Å². The molecule has 0 heterocycles. The van der Waals surface area contributed by atoms with Gasteiger partial charge in [-0.2, -0.15) is 0 Å². The van der Waals surface area contributed by atoms with Gasteiger partial charge in [-0.1, -0.05) is 96.5 Å². The summed E-state index contributed by atoms with van der Waals surface area (Å²) in [5.74, 6) is 0. The fourth-order valence-corrected chi connectivity index (χ4v) is 2.86. The molecule has 0 unspecified atom stereocenters. The van der Waals surface area contributed by atoms with Crippen LogP contribution < -0.4 is 0 Å². The lowest BCUT2D eigenvalue weighted by Gasteiger charge is -2.03. The van der Waals surface area contributed by atoms with Crippen molar-refractivity contribution >= 4 is 0 Å². The predicted molar refractivity (Wildman–Crippen MR) is 97.1 cm³/mol. The summed E-state index contributed by atoms with van der Waals surface area (Å²) in [5.41, 5.74) is 0. The lowest BCUT2D eigenvalue weighted by atomic mass is 10.0. The molecule has 0 aromatic rings. The molecule has 2 heteroatoms. The van der Waals surface area contributed by atoms with Gasteiger partial charge in [0.25, 0.3) is 0 Å². The van der Waals surface area contributed by atoms with E-state index < -0.39 is 0 Å². The van der Waals surface area contributed by atoms with Crippen molar-refractivity contribution in [2.75, 3.05) is 13.2 Å². The van der Waals surface area contributed by atoms with Crippen LogP contribution in [0.3, 0.4) is 0 Å². The summed E-state index contributed by atoms with van der Waals surface area (Å²) in [4.78, 5) is 0. The molecule has 0 bridgehead atoms. The molecule has 22 heavy (non-hydrogen) atoms. The van der Waals surface area contributed by atoms with Crippen molar-refractivity contribution in [1.29, 1.82) is 0 Å². The summed E-state index contributed by atoms with van der Waals surface area (Å²) in [6.07, 6.45) is 22.9. The van der Waals surface area contributed by atoms with Crippen molar-refractivity contribution in [2.45, 2.75) is 103 Å². The minimum atomic E-state index is 0.365. The normalized spacial score (nSPS) is 10.8. The van der Waals surface area contributed by atoms with Crippen LogP contribution in [0.1, 0.15) is 103 Å². The molecule has 0 aliphatic carbocycles. The van der Waals surface area contributed by atoms with Crippen LogP contribution in [0.2, 0.25) is 0 Å². The Hall–Kier alpha value is -0.500. The van der Waals surface area contributed by atoms with E-state index in [1.165, 1.54) is 103 Å². The number of ether oxygens (including phenoxy) is 1. The Kier molecular flexibility index (Phi) is 20.0. The largest absolute Gasteiger partial charge is 0.502 e. The van der Waals surface area contributed by atoms with E-state index >= 15 is 0 Å². The zero-order valence-electron chi connectivity index (χ0n) is 14.9. The van der Waals surface area contributed by atoms with Crippen LogP contribution in [0.15, 0.2) is 12.8 Å². The first-order chi connectivity index (χ1) is 10.9. The maximum Gasteiger partial charge on any atom is 0.0873 e. The summed E-state index contributed by atoms with van der Waals surface area (Å²) in [7, 11) is 0. The highest BCUT2D eigenvalue weighted by atomic mass is 16.5. The number of aliphatic hydroxyl groups is 1. The molecule has 0 saturated carbocycles. The molecule has 1 N–H and O–H groups in total. The summed E-state index contributed by atoms with van der Waals surface area (Å²) >= 11 is 0. The van der Waals surface area contributed by atoms with Crippen LogP contribution in [0.4, 0.5) is 0 Å². The molecule has 0 rings (SSSR count). The molecule has 0 amide bonds. The van der Waals surface area contributed by atoms with Crippen molar-refractivity contribution in [3.8, 4) is 0 Å². The SMILES string of the molecule is C=COCCCCCCCCCCCCCCCCCCO. The van der Waals surface area contributed by atoms with Crippen LogP contribution in [0.25, 0.3) is 0 Å². The van der Waals surface area contributed by atoms with Crippen LogP contribution in [-0.2, 0) is 4.74 Å². The van der Waals surface area contributed by atoms with Crippen molar-refractivity contribution in [3.63, 3.8) is 0 Å². The van der Waals surface area contributed by atoms with Crippen molar-refractivity contribution in [2.24, 2.45) is 0 Å². The third kappa shape index (κ3) is 19.5. The number of aliphatic hydroxyl groups excluding tert-OH is 1. The van der Waals surface area contributed by atoms with E-state index in [-0.39, 0.29) is 0 Å². The quantitative estimate of drug-likeness (QED) is 0.221. The van der Waals surface area contributed by atoms with Gasteiger partial charge in [-0.15, -0.1) is 0 Å². The van der Waals surface area contributed by atoms with E-state index in [4.69, 9.17) is 9.84 Å². The van der Waals surface area contributed by atoms with Crippen LogP contribution >= 0.6 is 0 Å². The smallest absolute Gasteiger partial charge is 0.0873 e. The highest BCUT2D eigenvalue weighted by Crippen LogP contribution is 2.13. The molecule has 0 aliphatic rings. The van der Waals surface area contributed by atoms with E-state index in [1.807, 2.05) is 0 Å². The zero-order chi connectivity index (χ0) is 16.1. The first-order valence-corrected chi connectivity index (χ1v) is 9.75. The summed E-state index contributed by atoms with van der Waals surface area (Å²) < 4.78 is 5.11. The molecule has 0 saturated heterocycles.